The second kappa shape index (κ2) is 6.36. The summed E-state index contributed by atoms with van der Waals surface area (Å²) in [5.41, 5.74) is 0.525. The molecule has 2 aliphatic rings. The molecule has 20 heavy (non-hydrogen) atoms. The summed E-state index contributed by atoms with van der Waals surface area (Å²) in [4.78, 5) is 5.30. The molecule has 1 aliphatic carbocycles. The number of hydrogen-bond donors (Lipinski definition) is 0. The normalized spacial score (nSPS) is 30.0. The van der Waals surface area contributed by atoms with Crippen LogP contribution in [0.3, 0.4) is 0 Å². The van der Waals surface area contributed by atoms with Crippen molar-refractivity contribution in [3.63, 3.8) is 0 Å². The first kappa shape index (κ1) is 16.3. The lowest BCUT2D eigenvalue weighted by Crippen LogP contribution is -2.48. The average Bonchev–Trinajstić information content (AvgIpc) is 2.31. The van der Waals surface area contributed by atoms with Crippen LogP contribution < -0.4 is 0 Å². The number of likely N-dealkylation sites (tertiary alicyclic amines) is 1. The fourth-order valence-electron chi connectivity index (χ4n) is 3.99. The predicted octanol–water partition coefficient (Wildman–Crippen LogP) is 3.86. The molecule has 118 valence electrons. The Morgan fingerprint density at radius 3 is 2.10 bits per heavy atom. The van der Waals surface area contributed by atoms with E-state index in [2.05, 4.69) is 51.5 Å². The Balaban J connectivity index is 1.68. The number of rotatable bonds is 4. The van der Waals surface area contributed by atoms with Crippen molar-refractivity contribution in [2.45, 2.75) is 72.4 Å². The molecule has 0 radical (unpaired) electrons. The average molecular weight is 281 g/mol. The first-order chi connectivity index (χ1) is 9.27. The number of piperidine rings is 1. The van der Waals surface area contributed by atoms with Crippen molar-refractivity contribution >= 4 is 0 Å². The van der Waals surface area contributed by atoms with Gasteiger partial charge >= 0.3 is 0 Å². The minimum absolute atomic E-state index is 0.525. The second-order valence-electron chi connectivity index (χ2n) is 8.70. The molecule has 0 unspecified atom stereocenters. The van der Waals surface area contributed by atoms with Crippen molar-refractivity contribution in [2.75, 3.05) is 26.7 Å². The molecule has 1 aliphatic heterocycles. The Labute approximate surface area is 126 Å². The van der Waals surface area contributed by atoms with E-state index in [0.29, 0.717) is 5.41 Å². The lowest BCUT2D eigenvalue weighted by Gasteiger charge is -2.46. The molecule has 0 aromatic carbocycles. The fourth-order valence-corrected chi connectivity index (χ4v) is 3.99. The highest BCUT2D eigenvalue weighted by Crippen LogP contribution is 2.45. The molecule has 0 aromatic heterocycles. The Bertz CT molecular complexity index is 291. The molecular weight excluding hydrogens is 244 g/mol. The van der Waals surface area contributed by atoms with Crippen LogP contribution in [0.2, 0.25) is 0 Å². The van der Waals surface area contributed by atoms with Gasteiger partial charge in [-0.25, -0.2) is 0 Å². The van der Waals surface area contributed by atoms with Crippen LogP contribution in [0.1, 0.15) is 60.3 Å². The molecule has 1 saturated heterocycles. The number of hydrogen-bond acceptors (Lipinski definition) is 2. The van der Waals surface area contributed by atoms with Gasteiger partial charge in [-0.2, -0.15) is 0 Å². The van der Waals surface area contributed by atoms with Crippen LogP contribution >= 0.6 is 0 Å². The van der Waals surface area contributed by atoms with E-state index in [-0.39, 0.29) is 0 Å². The third-order valence-electron chi connectivity index (χ3n) is 5.86. The Kier molecular flexibility index (Phi) is 5.18. The highest BCUT2D eigenvalue weighted by Gasteiger charge is 2.38. The number of nitrogens with zero attached hydrogens (tertiary/aromatic N) is 2. The highest BCUT2D eigenvalue weighted by molar-refractivity contribution is 4.89. The van der Waals surface area contributed by atoms with Gasteiger partial charge in [0.15, 0.2) is 0 Å². The van der Waals surface area contributed by atoms with Gasteiger partial charge in [0.05, 0.1) is 0 Å². The van der Waals surface area contributed by atoms with E-state index in [1.165, 1.54) is 45.3 Å². The van der Waals surface area contributed by atoms with E-state index < -0.39 is 0 Å². The van der Waals surface area contributed by atoms with Gasteiger partial charge in [0, 0.05) is 18.6 Å². The van der Waals surface area contributed by atoms with E-state index in [1.54, 1.807) is 0 Å². The van der Waals surface area contributed by atoms with Gasteiger partial charge in [-0.3, -0.25) is 0 Å². The molecule has 2 heteroatoms. The van der Waals surface area contributed by atoms with Crippen molar-refractivity contribution in [1.29, 1.82) is 0 Å². The van der Waals surface area contributed by atoms with Gasteiger partial charge in [0.25, 0.3) is 0 Å². The Morgan fingerprint density at radius 2 is 1.65 bits per heavy atom. The Hall–Kier alpha value is -0.0800. The van der Waals surface area contributed by atoms with Gasteiger partial charge < -0.3 is 9.80 Å². The minimum atomic E-state index is 0.525. The van der Waals surface area contributed by atoms with Gasteiger partial charge in [-0.15, -0.1) is 0 Å². The summed E-state index contributed by atoms with van der Waals surface area (Å²) in [6.07, 6.45) is 5.64. The van der Waals surface area contributed by atoms with E-state index in [0.717, 1.165) is 23.9 Å². The van der Waals surface area contributed by atoms with Crippen molar-refractivity contribution in [1.82, 2.24) is 9.80 Å². The van der Waals surface area contributed by atoms with Crippen LogP contribution in [0.4, 0.5) is 0 Å². The van der Waals surface area contributed by atoms with Crippen molar-refractivity contribution < 1.29 is 0 Å². The van der Waals surface area contributed by atoms with Gasteiger partial charge in [-0.1, -0.05) is 20.8 Å². The molecule has 0 bridgehead atoms. The summed E-state index contributed by atoms with van der Waals surface area (Å²) in [5, 5.41) is 0. The third kappa shape index (κ3) is 3.98. The smallest absolute Gasteiger partial charge is 0.0117 e. The van der Waals surface area contributed by atoms with Crippen LogP contribution in [0.15, 0.2) is 0 Å². The van der Waals surface area contributed by atoms with E-state index in [1.807, 2.05) is 0 Å². The molecule has 0 spiro atoms. The molecule has 0 atom stereocenters. The van der Waals surface area contributed by atoms with Crippen molar-refractivity contribution in [2.24, 2.45) is 17.3 Å². The predicted molar refractivity (Wildman–Crippen MR) is 88.0 cm³/mol. The van der Waals surface area contributed by atoms with Gasteiger partial charge in [-0.05, 0) is 76.9 Å². The first-order valence-electron chi connectivity index (χ1n) is 8.71. The summed E-state index contributed by atoms with van der Waals surface area (Å²) >= 11 is 0. The van der Waals surface area contributed by atoms with Crippen molar-refractivity contribution in [3.8, 4) is 0 Å². The maximum Gasteiger partial charge on any atom is 0.0117 e. The standard InChI is InChI=1S/C18H36N2/c1-14(2)20-9-7-17(8-10-20)19(6)13-15-11-16(12-15)18(3,4)5/h14-17H,7-13H2,1-6H3. The van der Waals surface area contributed by atoms with E-state index in [9.17, 15) is 0 Å². The lowest BCUT2D eigenvalue weighted by molar-refractivity contribution is 0.0331. The molecule has 2 fully saturated rings. The van der Waals surface area contributed by atoms with Gasteiger partial charge in [0.1, 0.15) is 0 Å². The van der Waals surface area contributed by atoms with E-state index >= 15 is 0 Å². The summed E-state index contributed by atoms with van der Waals surface area (Å²) in [5.74, 6) is 1.93. The second-order valence-corrected chi connectivity index (χ2v) is 8.70. The summed E-state index contributed by atoms with van der Waals surface area (Å²) < 4.78 is 0. The van der Waals surface area contributed by atoms with Gasteiger partial charge in [0.2, 0.25) is 0 Å². The molecule has 0 N–H and O–H groups in total. The quantitative estimate of drug-likeness (QED) is 0.771. The maximum atomic E-state index is 2.67. The fraction of sp³-hybridized carbons (Fsp3) is 1.00. The SMILES string of the molecule is CC(C)N1CCC(N(C)CC2CC(C(C)(C)C)C2)CC1. The van der Waals surface area contributed by atoms with Crippen LogP contribution in [-0.2, 0) is 0 Å². The zero-order valence-electron chi connectivity index (χ0n) is 14.7. The summed E-state index contributed by atoms with van der Waals surface area (Å²) in [6.45, 7) is 15.8. The molecule has 2 rings (SSSR count). The minimum Gasteiger partial charge on any atom is -0.303 e. The third-order valence-corrected chi connectivity index (χ3v) is 5.86. The van der Waals surface area contributed by atoms with Crippen LogP contribution in [0.25, 0.3) is 0 Å². The Morgan fingerprint density at radius 1 is 1.10 bits per heavy atom. The molecule has 0 amide bonds. The zero-order chi connectivity index (χ0) is 14.9. The van der Waals surface area contributed by atoms with Crippen molar-refractivity contribution in [3.05, 3.63) is 0 Å². The van der Waals surface area contributed by atoms with Crippen LogP contribution in [-0.4, -0.2) is 48.6 Å². The largest absolute Gasteiger partial charge is 0.303 e. The highest BCUT2D eigenvalue weighted by atomic mass is 15.2. The monoisotopic (exact) mass is 280 g/mol. The lowest BCUT2D eigenvalue weighted by atomic mass is 9.63. The zero-order valence-corrected chi connectivity index (χ0v) is 14.7. The first-order valence-corrected chi connectivity index (χ1v) is 8.71. The summed E-state index contributed by atoms with van der Waals surface area (Å²) in [6, 6.07) is 1.55. The molecular formula is C18H36N2. The van der Waals surface area contributed by atoms with Crippen LogP contribution in [0, 0.1) is 17.3 Å². The molecule has 1 heterocycles. The van der Waals surface area contributed by atoms with E-state index in [4.69, 9.17) is 0 Å². The van der Waals surface area contributed by atoms with Crippen LogP contribution in [0.5, 0.6) is 0 Å². The molecule has 2 nitrogen and oxygen atoms in total. The molecule has 1 saturated carbocycles. The topological polar surface area (TPSA) is 6.48 Å². The summed E-state index contributed by atoms with van der Waals surface area (Å²) in [7, 11) is 2.36. The molecule has 0 aromatic rings. The maximum absolute atomic E-state index is 2.67.